The summed E-state index contributed by atoms with van der Waals surface area (Å²) in [6.07, 6.45) is 0. The van der Waals surface area contributed by atoms with E-state index < -0.39 is 10.9 Å². The highest BCUT2D eigenvalue weighted by Gasteiger charge is 2.30. The Morgan fingerprint density at radius 2 is 1.15 bits per heavy atom. The molecule has 116 valence electrons. The highest BCUT2D eigenvalue weighted by molar-refractivity contribution is 8.21. The van der Waals surface area contributed by atoms with Crippen molar-refractivity contribution in [2.45, 2.75) is 25.7 Å². The van der Waals surface area contributed by atoms with Gasteiger partial charge in [0.15, 0.2) is 0 Å². The number of benzene rings is 1. The van der Waals surface area contributed by atoms with Crippen molar-refractivity contribution in [3.63, 3.8) is 0 Å². The molecule has 6 heteroatoms. The molecule has 0 aliphatic carbocycles. The Kier molecular flexibility index (Phi) is 7.15. The first-order chi connectivity index (χ1) is 9.65. The minimum atomic E-state index is -2.25. The van der Waals surface area contributed by atoms with Crippen molar-refractivity contribution in [2.24, 2.45) is 0 Å². The molecule has 0 spiro atoms. The van der Waals surface area contributed by atoms with Crippen molar-refractivity contribution in [3.8, 4) is 11.5 Å². The van der Waals surface area contributed by atoms with E-state index >= 15 is 0 Å². The molecule has 1 aromatic carbocycles. The summed E-state index contributed by atoms with van der Waals surface area (Å²) in [4.78, 5) is 0.791. The van der Waals surface area contributed by atoms with Gasteiger partial charge in [-0.3, -0.25) is 12.5 Å². The van der Waals surface area contributed by atoms with Gasteiger partial charge in [0.1, 0.15) is 22.4 Å². The van der Waals surface area contributed by atoms with Gasteiger partial charge >= 0.3 is 0 Å². The average Bonchev–Trinajstić information content (AvgIpc) is 2.47. The van der Waals surface area contributed by atoms with E-state index in [9.17, 15) is 0 Å². The molecule has 0 heterocycles. The first-order valence-corrected chi connectivity index (χ1v) is 8.06. The second kappa shape index (κ2) is 8.36. The van der Waals surface area contributed by atoms with Gasteiger partial charge in [-0.15, -0.1) is 0 Å². The van der Waals surface area contributed by atoms with E-state index in [0.29, 0.717) is 31.3 Å². The molecule has 0 aromatic heterocycles. The summed E-state index contributed by atoms with van der Waals surface area (Å²) in [6.45, 7) is 7.23. The maximum Gasteiger partial charge on any atom is 0.123 e. The van der Waals surface area contributed by atoms with Gasteiger partial charge in [0.25, 0.3) is 0 Å². The molecule has 0 saturated heterocycles. The van der Waals surface area contributed by atoms with Crippen molar-refractivity contribution in [2.75, 3.05) is 34.0 Å². The number of hydrogen-bond acceptors (Lipinski definition) is 5. The molecule has 20 heavy (non-hydrogen) atoms. The lowest BCUT2D eigenvalue weighted by atomic mass is 10.3. The fraction of sp³-hybridized carbons (Fsp3) is 0.571. The van der Waals surface area contributed by atoms with Gasteiger partial charge in [-0.25, -0.2) is 0 Å². The van der Waals surface area contributed by atoms with Crippen LogP contribution in [0, 0.1) is 0 Å². The normalized spacial score (nSPS) is 12.2. The number of hydrogen-bond donors (Lipinski definition) is 0. The van der Waals surface area contributed by atoms with Crippen LogP contribution in [0.2, 0.25) is 0 Å². The van der Waals surface area contributed by atoms with Crippen LogP contribution in [0.25, 0.3) is 0 Å². The van der Waals surface area contributed by atoms with E-state index in [1.807, 2.05) is 32.9 Å². The lowest BCUT2D eigenvalue weighted by Gasteiger charge is -2.37. The van der Waals surface area contributed by atoms with Gasteiger partial charge in [0, 0.05) is 6.07 Å². The molecule has 0 aliphatic heterocycles. The number of ether oxygens (including phenoxy) is 2. The zero-order valence-electron chi connectivity index (χ0n) is 12.8. The van der Waals surface area contributed by atoms with Crippen molar-refractivity contribution >= 4 is 10.9 Å². The van der Waals surface area contributed by atoms with Crippen molar-refractivity contribution in [1.82, 2.24) is 0 Å². The highest BCUT2D eigenvalue weighted by atomic mass is 32.3. The summed E-state index contributed by atoms with van der Waals surface area (Å²) in [5.74, 6) is 1.35. The van der Waals surface area contributed by atoms with Crippen molar-refractivity contribution < 1.29 is 22.0 Å². The molecule has 1 aromatic rings. The Morgan fingerprint density at radius 3 is 1.45 bits per heavy atom. The molecule has 0 N–H and O–H groups in total. The molecular weight excluding hydrogens is 280 g/mol. The molecule has 0 fully saturated rings. The van der Waals surface area contributed by atoms with Crippen LogP contribution in [-0.2, 0) is 12.5 Å². The van der Waals surface area contributed by atoms with Crippen LogP contribution in [0.15, 0.2) is 23.1 Å². The Bertz CT molecular complexity index is 371. The first-order valence-electron chi connectivity index (χ1n) is 6.65. The second-order valence-electron chi connectivity index (χ2n) is 3.72. The average molecular weight is 304 g/mol. The van der Waals surface area contributed by atoms with E-state index in [4.69, 9.17) is 22.0 Å². The Balaban J connectivity index is 3.29. The second-order valence-corrected chi connectivity index (χ2v) is 5.81. The van der Waals surface area contributed by atoms with Gasteiger partial charge in [0.05, 0.1) is 38.9 Å². The van der Waals surface area contributed by atoms with Gasteiger partial charge in [-0.05, 0) is 32.9 Å². The maximum atomic E-state index is 5.82. The molecule has 0 saturated carbocycles. The monoisotopic (exact) mass is 304 g/mol. The van der Waals surface area contributed by atoms with E-state index in [1.54, 1.807) is 20.3 Å². The molecule has 0 atom stereocenters. The van der Waals surface area contributed by atoms with Crippen LogP contribution in [0.3, 0.4) is 0 Å². The zero-order chi connectivity index (χ0) is 15.0. The molecule has 5 nitrogen and oxygen atoms in total. The third kappa shape index (κ3) is 4.02. The standard InChI is InChI=1S/C14H24O5S/c1-6-17-20(18-7-2,19-8-3)14-10-12(15-4)9-13(11-14)16-5/h9-11H,6-8H2,1-5H3. The lowest BCUT2D eigenvalue weighted by molar-refractivity contribution is 0.185. The molecule has 0 aliphatic rings. The fourth-order valence-electron chi connectivity index (χ4n) is 1.70. The minimum absolute atomic E-state index is 0.495. The molecular formula is C14H24O5S. The molecule has 0 bridgehead atoms. The van der Waals surface area contributed by atoms with E-state index in [-0.39, 0.29) is 0 Å². The van der Waals surface area contributed by atoms with Crippen LogP contribution < -0.4 is 9.47 Å². The van der Waals surface area contributed by atoms with Crippen LogP contribution >= 0.6 is 10.9 Å². The van der Waals surface area contributed by atoms with Gasteiger partial charge in [0.2, 0.25) is 0 Å². The third-order valence-corrected chi connectivity index (χ3v) is 4.88. The van der Waals surface area contributed by atoms with Gasteiger partial charge < -0.3 is 9.47 Å². The minimum Gasteiger partial charge on any atom is -0.497 e. The molecule has 1 rings (SSSR count). The predicted octanol–water partition coefficient (Wildman–Crippen LogP) is 3.72. The molecule has 0 unspecified atom stereocenters. The Hall–Kier alpha value is -0.950. The molecule has 0 radical (unpaired) electrons. The summed E-state index contributed by atoms with van der Waals surface area (Å²) in [5, 5.41) is 0. The quantitative estimate of drug-likeness (QED) is 0.696. The fourth-order valence-corrected chi connectivity index (χ4v) is 3.76. The van der Waals surface area contributed by atoms with Crippen molar-refractivity contribution in [3.05, 3.63) is 18.2 Å². The Morgan fingerprint density at radius 1 is 0.750 bits per heavy atom. The van der Waals surface area contributed by atoms with Crippen molar-refractivity contribution in [1.29, 1.82) is 0 Å². The lowest BCUT2D eigenvalue weighted by Crippen LogP contribution is -2.13. The van der Waals surface area contributed by atoms with Crippen LogP contribution in [0.1, 0.15) is 20.8 Å². The van der Waals surface area contributed by atoms with Gasteiger partial charge in [-0.1, -0.05) is 0 Å². The summed E-state index contributed by atoms with van der Waals surface area (Å²) in [5.41, 5.74) is 0. The van der Waals surface area contributed by atoms with Gasteiger partial charge in [-0.2, -0.15) is 0 Å². The maximum absolute atomic E-state index is 5.82. The third-order valence-electron chi connectivity index (χ3n) is 2.43. The summed E-state index contributed by atoms with van der Waals surface area (Å²) in [6, 6.07) is 5.52. The first kappa shape index (κ1) is 17.1. The smallest absolute Gasteiger partial charge is 0.123 e. The SMILES string of the molecule is CCOS(OCC)(OCC)c1cc(OC)cc(OC)c1. The summed E-state index contributed by atoms with van der Waals surface area (Å²) >= 11 is 0. The Labute approximate surface area is 123 Å². The predicted molar refractivity (Wildman–Crippen MR) is 80.3 cm³/mol. The summed E-state index contributed by atoms with van der Waals surface area (Å²) < 4.78 is 28.1. The van der Waals surface area contributed by atoms with E-state index in [0.717, 1.165) is 4.90 Å². The van der Waals surface area contributed by atoms with E-state index in [2.05, 4.69) is 0 Å². The largest absolute Gasteiger partial charge is 0.497 e. The molecule has 0 amide bonds. The zero-order valence-corrected chi connectivity index (χ0v) is 13.6. The van der Waals surface area contributed by atoms with E-state index in [1.165, 1.54) is 0 Å². The number of methoxy groups -OCH3 is 2. The van der Waals surface area contributed by atoms with Crippen LogP contribution in [0.5, 0.6) is 11.5 Å². The summed E-state index contributed by atoms with van der Waals surface area (Å²) in [7, 11) is 0.967. The highest BCUT2D eigenvalue weighted by Crippen LogP contribution is 2.60. The van der Waals surface area contributed by atoms with Crippen LogP contribution in [0.4, 0.5) is 0 Å². The van der Waals surface area contributed by atoms with Crippen LogP contribution in [-0.4, -0.2) is 34.0 Å². The number of rotatable bonds is 9. The topological polar surface area (TPSA) is 46.2 Å².